The lowest BCUT2D eigenvalue weighted by molar-refractivity contribution is -0.115. The summed E-state index contributed by atoms with van der Waals surface area (Å²) in [5.74, 6) is 0.111. The molecule has 0 fully saturated rings. The average Bonchev–Trinajstić information content (AvgIpc) is 2.85. The molecule has 10 heteroatoms. The molecule has 28 heavy (non-hydrogen) atoms. The number of nitrogen functional groups attached to an aromatic ring is 2. The molecule has 0 bridgehead atoms. The zero-order valence-corrected chi connectivity index (χ0v) is 16.5. The molecule has 5 N–H and O–H groups in total. The summed E-state index contributed by atoms with van der Waals surface area (Å²) in [7, 11) is 1.76. The molecular formula is C18H21N7O2S. The number of nitrogens with one attached hydrogen (secondary N) is 1. The third-order valence-corrected chi connectivity index (χ3v) is 5.16. The van der Waals surface area contributed by atoms with Crippen molar-refractivity contribution in [2.24, 2.45) is 7.05 Å². The number of para-hydroxylation sites is 1. The first-order chi connectivity index (χ1) is 13.3. The molecule has 3 aromatic rings. The van der Waals surface area contributed by atoms with Crippen molar-refractivity contribution in [3.8, 4) is 5.69 Å². The Morgan fingerprint density at radius 3 is 2.39 bits per heavy atom. The third-order valence-electron chi connectivity index (χ3n) is 4.20. The second kappa shape index (κ2) is 7.77. The van der Waals surface area contributed by atoms with E-state index in [2.05, 4.69) is 15.3 Å². The summed E-state index contributed by atoms with van der Waals surface area (Å²) in [5.41, 5.74) is 12.6. The Morgan fingerprint density at radius 1 is 1.18 bits per heavy atom. The van der Waals surface area contributed by atoms with Crippen LogP contribution in [-0.2, 0) is 11.8 Å². The van der Waals surface area contributed by atoms with E-state index in [9.17, 15) is 9.59 Å². The lowest BCUT2D eigenvalue weighted by Crippen LogP contribution is -2.27. The van der Waals surface area contributed by atoms with Crippen LogP contribution in [0.25, 0.3) is 5.69 Å². The van der Waals surface area contributed by atoms with Crippen LogP contribution < -0.4 is 22.3 Å². The predicted molar refractivity (Wildman–Crippen MR) is 111 cm³/mol. The van der Waals surface area contributed by atoms with Crippen molar-refractivity contribution >= 4 is 35.0 Å². The van der Waals surface area contributed by atoms with Gasteiger partial charge in [-0.25, -0.2) is 14.6 Å². The van der Waals surface area contributed by atoms with Crippen LogP contribution >= 0.6 is 11.8 Å². The highest BCUT2D eigenvalue weighted by molar-refractivity contribution is 8.00. The van der Waals surface area contributed by atoms with E-state index in [1.54, 1.807) is 25.6 Å². The monoisotopic (exact) mass is 399 g/mol. The SMILES string of the molecule is Cc1c(NC(=O)C(C)Sc2nc(N)cc(N)n2)c(=O)n(-c2ccccc2)n1C. The molecule has 0 saturated heterocycles. The molecule has 1 atom stereocenters. The average molecular weight is 399 g/mol. The molecule has 0 saturated carbocycles. The van der Waals surface area contributed by atoms with Gasteiger partial charge < -0.3 is 16.8 Å². The molecule has 1 unspecified atom stereocenters. The highest BCUT2D eigenvalue weighted by atomic mass is 32.2. The molecule has 146 valence electrons. The zero-order valence-electron chi connectivity index (χ0n) is 15.7. The van der Waals surface area contributed by atoms with Gasteiger partial charge in [-0.3, -0.25) is 14.3 Å². The number of rotatable bonds is 5. The summed E-state index contributed by atoms with van der Waals surface area (Å²) in [6, 6.07) is 10.7. The number of thioether (sulfide) groups is 1. The Labute approximate surface area is 165 Å². The third kappa shape index (κ3) is 3.86. The van der Waals surface area contributed by atoms with Gasteiger partial charge >= 0.3 is 0 Å². The lowest BCUT2D eigenvalue weighted by atomic mass is 10.3. The van der Waals surface area contributed by atoms with Gasteiger partial charge in [-0.2, -0.15) is 0 Å². The van der Waals surface area contributed by atoms with Crippen LogP contribution in [0.15, 0.2) is 46.3 Å². The minimum Gasteiger partial charge on any atom is -0.383 e. The largest absolute Gasteiger partial charge is 0.383 e. The van der Waals surface area contributed by atoms with Gasteiger partial charge in [0, 0.05) is 13.1 Å². The maximum Gasteiger partial charge on any atom is 0.295 e. The van der Waals surface area contributed by atoms with E-state index >= 15 is 0 Å². The van der Waals surface area contributed by atoms with Crippen molar-refractivity contribution in [3.05, 3.63) is 52.4 Å². The number of amides is 1. The number of anilines is 3. The van der Waals surface area contributed by atoms with Crippen LogP contribution in [0.4, 0.5) is 17.3 Å². The van der Waals surface area contributed by atoms with E-state index in [0.29, 0.717) is 16.5 Å². The fraction of sp³-hybridized carbons (Fsp3) is 0.222. The Morgan fingerprint density at radius 2 is 1.79 bits per heavy atom. The molecular weight excluding hydrogens is 378 g/mol. The number of aromatic nitrogens is 4. The first kappa shape index (κ1) is 19.5. The minimum absolute atomic E-state index is 0.229. The van der Waals surface area contributed by atoms with Gasteiger partial charge in [0.25, 0.3) is 5.56 Å². The molecule has 0 aliphatic rings. The van der Waals surface area contributed by atoms with E-state index in [4.69, 9.17) is 11.5 Å². The normalized spacial score (nSPS) is 12.0. The van der Waals surface area contributed by atoms with Gasteiger partial charge in [0.15, 0.2) is 5.16 Å². The molecule has 1 amide bonds. The van der Waals surface area contributed by atoms with Crippen molar-refractivity contribution in [2.75, 3.05) is 16.8 Å². The predicted octanol–water partition coefficient (Wildman–Crippen LogP) is 1.56. The van der Waals surface area contributed by atoms with Crippen LogP contribution in [0.3, 0.4) is 0 Å². The summed E-state index contributed by atoms with van der Waals surface area (Å²) in [6.07, 6.45) is 0. The number of hydrogen-bond acceptors (Lipinski definition) is 7. The van der Waals surface area contributed by atoms with E-state index in [1.165, 1.54) is 10.7 Å². The molecule has 0 spiro atoms. The number of carbonyl (C=O) groups excluding carboxylic acids is 1. The van der Waals surface area contributed by atoms with Gasteiger partial charge in [0.05, 0.1) is 16.6 Å². The van der Waals surface area contributed by atoms with Gasteiger partial charge in [-0.15, -0.1) is 0 Å². The molecule has 0 aliphatic heterocycles. The van der Waals surface area contributed by atoms with Gasteiger partial charge in [0.1, 0.15) is 17.3 Å². The van der Waals surface area contributed by atoms with Crippen LogP contribution in [0.2, 0.25) is 0 Å². The minimum atomic E-state index is -0.564. The number of hydrogen-bond donors (Lipinski definition) is 3. The molecule has 9 nitrogen and oxygen atoms in total. The van der Waals surface area contributed by atoms with E-state index in [-0.39, 0.29) is 28.8 Å². The number of benzene rings is 1. The van der Waals surface area contributed by atoms with E-state index < -0.39 is 5.25 Å². The summed E-state index contributed by atoms with van der Waals surface area (Å²) in [6.45, 7) is 3.46. The molecule has 0 radical (unpaired) electrons. The summed E-state index contributed by atoms with van der Waals surface area (Å²) in [4.78, 5) is 33.6. The quantitative estimate of drug-likeness (QED) is 0.438. The van der Waals surface area contributed by atoms with Crippen LogP contribution in [0.5, 0.6) is 0 Å². The summed E-state index contributed by atoms with van der Waals surface area (Å²) < 4.78 is 3.21. The topological polar surface area (TPSA) is 134 Å². The van der Waals surface area contributed by atoms with Gasteiger partial charge in [0.2, 0.25) is 5.91 Å². The fourth-order valence-electron chi connectivity index (χ4n) is 2.66. The molecule has 2 aromatic heterocycles. The highest BCUT2D eigenvalue weighted by Gasteiger charge is 2.22. The number of carbonyl (C=O) groups is 1. The number of nitrogens with zero attached hydrogens (tertiary/aromatic N) is 4. The van der Waals surface area contributed by atoms with Crippen molar-refractivity contribution in [2.45, 2.75) is 24.3 Å². The first-order valence-corrected chi connectivity index (χ1v) is 9.37. The fourth-order valence-corrected chi connectivity index (χ4v) is 3.46. The Hall–Kier alpha value is -3.27. The van der Waals surface area contributed by atoms with Crippen LogP contribution in [-0.4, -0.2) is 30.5 Å². The van der Waals surface area contributed by atoms with Crippen molar-refractivity contribution in [3.63, 3.8) is 0 Å². The van der Waals surface area contributed by atoms with Gasteiger partial charge in [-0.05, 0) is 26.0 Å². The maximum atomic E-state index is 12.9. The van der Waals surface area contributed by atoms with Crippen molar-refractivity contribution in [1.82, 2.24) is 19.3 Å². The van der Waals surface area contributed by atoms with Crippen LogP contribution in [0, 0.1) is 6.92 Å². The number of nitrogens with two attached hydrogens (primary N) is 2. The summed E-state index contributed by atoms with van der Waals surface area (Å²) in [5, 5.41) is 2.46. The van der Waals surface area contributed by atoms with Crippen LogP contribution in [0.1, 0.15) is 12.6 Å². The highest BCUT2D eigenvalue weighted by Crippen LogP contribution is 2.23. The molecule has 0 aliphatic carbocycles. The smallest absolute Gasteiger partial charge is 0.295 e. The zero-order chi connectivity index (χ0) is 20.4. The first-order valence-electron chi connectivity index (χ1n) is 8.49. The Bertz CT molecular complexity index is 1060. The Balaban J connectivity index is 1.83. The standard InChI is InChI=1S/C18H21N7O2S/c1-10-15(17(27)25(24(10)3)12-7-5-4-6-8-12)23-16(26)11(2)28-18-21-13(19)9-14(20)22-18/h4-9,11H,1-3H3,(H,23,26)(H4,19,20,21,22). The summed E-state index contributed by atoms with van der Waals surface area (Å²) >= 11 is 1.11. The molecule has 3 rings (SSSR count). The Kier molecular flexibility index (Phi) is 5.41. The van der Waals surface area contributed by atoms with E-state index in [0.717, 1.165) is 11.8 Å². The second-order valence-corrected chi connectivity index (χ2v) is 7.49. The van der Waals surface area contributed by atoms with E-state index in [1.807, 2.05) is 30.3 Å². The van der Waals surface area contributed by atoms with Crippen molar-refractivity contribution < 1.29 is 4.79 Å². The molecule has 2 heterocycles. The molecule has 1 aromatic carbocycles. The van der Waals surface area contributed by atoms with Gasteiger partial charge in [-0.1, -0.05) is 30.0 Å². The lowest BCUT2D eigenvalue weighted by Gasteiger charge is -2.10. The second-order valence-electron chi connectivity index (χ2n) is 6.19. The maximum absolute atomic E-state index is 12.9. The van der Waals surface area contributed by atoms with Crippen molar-refractivity contribution in [1.29, 1.82) is 0 Å².